The quantitative estimate of drug-likeness (QED) is 0.732. The Morgan fingerprint density at radius 3 is 2.29 bits per heavy atom. The maximum absolute atomic E-state index is 3.59. The molecule has 0 saturated heterocycles. The van der Waals surface area contributed by atoms with Crippen LogP contribution < -0.4 is 5.32 Å². The van der Waals surface area contributed by atoms with Crippen molar-refractivity contribution in [1.82, 2.24) is 5.32 Å². The first-order valence-corrected chi connectivity index (χ1v) is 8.10. The third kappa shape index (κ3) is 4.44. The predicted octanol–water partition coefficient (Wildman–Crippen LogP) is 5.24. The summed E-state index contributed by atoms with van der Waals surface area (Å²) in [6, 6.07) is 20.1. The summed E-state index contributed by atoms with van der Waals surface area (Å²) in [7, 11) is 0. The summed E-state index contributed by atoms with van der Waals surface area (Å²) in [5.41, 5.74) is 4.14. The second-order valence-electron chi connectivity index (χ2n) is 5.91. The fraction of sp³-hybridized carbons (Fsp3) is 0.400. The van der Waals surface area contributed by atoms with Gasteiger partial charge in [-0.15, -0.1) is 0 Å². The molecular formula is C20H27N. The van der Waals surface area contributed by atoms with Crippen LogP contribution in [0.25, 0.3) is 11.1 Å². The van der Waals surface area contributed by atoms with Gasteiger partial charge in [0, 0.05) is 6.04 Å². The zero-order valence-corrected chi connectivity index (χ0v) is 13.5. The van der Waals surface area contributed by atoms with Crippen LogP contribution in [0.4, 0.5) is 0 Å². The molecule has 1 nitrogen and oxygen atoms in total. The molecular weight excluding hydrogens is 254 g/mol. The van der Waals surface area contributed by atoms with Gasteiger partial charge in [0.2, 0.25) is 0 Å². The molecule has 2 unspecified atom stereocenters. The maximum Gasteiger partial charge on any atom is 0.00361 e. The highest BCUT2D eigenvalue weighted by atomic mass is 14.9. The van der Waals surface area contributed by atoms with Crippen molar-refractivity contribution in [3.8, 4) is 11.1 Å². The SMILES string of the molecule is CCC(C)NCCC(C)c1ccccc1-c1ccccc1. The van der Waals surface area contributed by atoms with Gasteiger partial charge in [-0.2, -0.15) is 0 Å². The van der Waals surface area contributed by atoms with Gasteiger partial charge in [-0.05, 0) is 48.9 Å². The van der Waals surface area contributed by atoms with Gasteiger partial charge in [-0.25, -0.2) is 0 Å². The van der Waals surface area contributed by atoms with Crippen LogP contribution in [0.1, 0.15) is 45.1 Å². The number of rotatable bonds is 7. The van der Waals surface area contributed by atoms with E-state index < -0.39 is 0 Å². The van der Waals surface area contributed by atoms with Crippen molar-refractivity contribution in [2.45, 2.75) is 45.6 Å². The highest BCUT2D eigenvalue weighted by Crippen LogP contribution is 2.30. The minimum Gasteiger partial charge on any atom is -0.314 e. The average Bonchev–Trinajstić information content (AvgIpc) is 2.55. The Kier molecular flexibility index (Phi) is 6.01. The van der Waals surface area contributed by atoms with Crippen molar-refractivity contribution in [3.05, 3.63) is 60.2 Å². The first kappa shape index (κ1) is 15.8. The third-order valence-corrected chi connectivity index (χ3v) is 4.26. The molecule has 1 heteroatoms. The normalized spacial score (nSPS) is 13.9. The molecule has 2 aromatic rings. The summed E-state index contributed by atoms with van der Waals surface area (Å²) in [4.78, 5) is 0. The number of hydrogen-bond donors (Lipinski definition) is 1. The molecule has 0 radical (unpaired) electrons. The van der Waals surface area contributed by atoms with E-state index in [1.54, 1.807) is 0 Å². The van der Waals surface area contributed by atoms with Crippen LogP contribution in [-0.2, 0) is 0 Å². The zero-order valence-electron chi connectivity index (χ0n) is 13.5. The summed E-state index contributed by atoms with van der Waals surface area (Å²) in [5, 5.41) is 3.59. The minimum absolute atomic E-state index is 0.568. The molecule has 2 aromatic carbocycles. The van der Waals surface area contributed by atoms with Crippen molar-refractivity contribution in [1.29, 1.82) is 0 Å². The lowest BCUT2D eigenvalue weighted by Gasteiger charge is -2.18. The van der Waals surface area contributed by atoms with Crippen molar-refractivity contribution >= 4 is 0 Å². The molecule has 0 aliphatic heterocycles. The van der Waals surface area contributed by atoms with Gasteiger partial charge in [-0.1, -0.05) is 68.4 Å². The molecule has 0 aromatic heterocycles. The van der Waals surface area contributed by atoms with Crippen molar-refractivity contribution in [2.75, 3.05) is 6.54 Å². The predicted molar refractivity (Wildman–Crippen MR) is 92.7 cm³/mol. The number of benzene rings is 2. The molecule has 0 amide bonds. The van der Waals surface area contributed by atoms with Crippen molar-refractivity contribution < 1.29 is 0 Å². The van der Waals surface area contributed by atoms with Gasteiger partial charge in [0.05, 0.1) is 0 Å². The van der Waals surface area contributed by atoms with Gasteiger partial charge in [0.1, 0.15) is 0 Å². The maximum atomic E-state index is 3.59. The first-order valence-electron chi connectivity index (χ1n) is 8.10. The molecule has 0 aliphatic rings. The van der Waals surface area contributed by atoms with Gasteiger partial charge in [0.25, 0.3) is 0 Å². The van der Waals surface area contributed by atoms with Crippen LogP contribution in [0.3, 0.4) is 0 Å². The number of nitrogens with one attached hydrogen (secondary N) is 1. The Morgan fingerprint density at radius 2 is 1.57 bits per heavy atom. The van der Waals surface area contributed by atoms with Gasteiger partial charge in [0.15, 0.2) is 0 Å². The lowest BCUT2D eigenvalue weighted by Crippen LogP contribution is -2.26. The lowest BCUT2D eigenvalue weighted by molar-refractivity contribution is 0.505. The van der Waals surface area contributed by atoms with Crippen molar-refractivity contribution in [2.24, 2.45) is 0 Å². The van der Waals surface area contributed by atoms with Crippen LogP contribution in [0.5, 0.6) is 0 Å². The molecule has 1 N–H and O–H groups in total. The number of hydrogen-bond acceptors (Lipinski definition) is 1. The molecule has 0 spiro atoms. The van der Waals surface area contributed by atoms with Crippen LogP contribution in [0.15, 0.2) is 54.6 Å². The highest BCUT2D eigenvalue weighted by Gasteiger charge is 2.11. The summed E-state index contributed by atoms with van der Waals surface area (Å²) in [6.45, 7) is 7.90. The second-order valence-corrected chi connectivity index (χ2v) is 5.91. The molecule has 0 bridgehead atoms. The Labute approximate surface area is 129 Å². The molecule has 2 rings (SSSR count). The van der Waals surface area contributed by atoms with E-state index in [1.165, 1.54) is 29.5 Å². The summed E-state index contributed by atoms with van der Waals surface area (Å²) in [5.74, 6) is 0.568. The molecule has 0 heterocycles. The van der Waals surface area contributed by atoms with Crippen LogP contribution in [0.2, 0.25) is 0 Å². The fourth-order valence-corrected chi connectivity index (χ4v) is 2.65. The van der Waals surface area contributed by atoms with E-state index >= 15 is 0 Å². The largest absolute Gasteiger partial charge is 0.314 e. The zero-order chi connectivity index (χ0) is 15.1. The van der Waals surface area contributed by atoms with Crippen LogP contribution in [0, 0.1) is 0 Å². The summed E-state index contributed by atoms with van der Waals surface area (Å²) >= 11 is 0. The highest BCUT2D eigenvalue weighted by molar-refractivity contribution is 5.67. The monoisotopic (exact) mass is 281 g/mol. The summed E-state index contributed by atoms with van der Waals surface area (Å²) in [6.07, 6.45) is 2.36. The standard InChI is InChI=1S/C20H27N/c1-4-17(3)21-15-14-16(2)19-12-8-9-13-20(19)18-10-6-5-7-11-18/h5-13,16-17,21H,4,14-15H2,1-3H3. The Morgan fingerprint density at radius 1 is 0.905 bits per heavy atom. The van der Waals surface area contributed by atoms with Gasteiger partial charge in [-0.3, -0.25) is 0 Å². The molecule has 112 valence electrons. The van der Waals surface area contributed by atoms with E-state index in [0.29, 0.717) is 12.0 Å². The summed E-state index contributed by atoms with van der Waals surface area (Å²) < 4.78 is 0. The van der Waals surface area contributed by atoms with E-state index in [4.69, 9.17) is 0 Å². The Bertz CT molecular complexity index is 533. The fourth-order valence-electron chi connectivity index (χ4n) is 2.65. The van der Waals surface area contributed by atoms with E-state index in [0.717, 1.165) is 6.54 Å². The van der Waals surface area contributed by atoms with Gasteiger partial charge < -0.3 is 5.32 Å². The topological polar surface area (TPSA) is 12.0 Å². The van der Waals surface area contributed by atoms with Crippen molar-refractivity contribution in [3.63, 3.8) is 0 Å². The van der Waals surface area contributed by atoms with E-state index in [9.17, 15) is 0 Å². The molecule has 21 heavy (non-hydrogen) atoms. The first-order chi connectivity index (χ1) is 10.2. The Balaban J connectivity index is 2.09. The van der Waals surface area contributed by atoms with E-state index in [-0.39, 0.29) is 0 Å². The van der Waals surface area contributed by atoms with E-state index in [1.807, 2.05) is 0 Å². The van der Waals surface area contributed by atoms with Crippen LogP contribution >= 0.6 is 0 Å². The second kappa shape index (κ2) is 7.99. The molecule has 0 saturated carbocycles. The molecule has 0 aliphatic carbocycles. The smallest absolute Gasteiger partial charge is 0.00361 e. The lowest BCUT2D eigenvalue weighted by atomic mass is 9.90. The third-order valence-electron chi connectivity index (χ3n) is 4.26. The van der Waals surface area contributed by atoms with E-state index in [2.05, 4.69) is 80.7 Å². The molecule has 2 atom stereocenters. The minimum atomic E-state index is 0.568. The van der Waals surface area contributed by atoms with Crippen LogP contribution in [-0.4, -0.2) is 12.6 Å². The Hall–Kier alpha value is -1.60. The van der Waals surface area contributed by atoms with Gasteiger partial charge >= 0.3 is 0 Å². The average molecular weight is 281 g/mol. The molecule has 0 fully saturated rings.